The van der Waals surface area contributed by atoms with Crippen LogP contribution in [0.1, 0.15) is 16.6 Å². The highest BCUT2D eigenvalue weighted by atomic mass is 35.5. The van der Waals surface area contributed by atoms with Gasteiger partial charge in [0, 0.05) is 40.5 Å². The molecule has 1 aromatic heterocycles. The largest absolute Gasteiger partial charge is 0.326 e. The zero-order chi connectivity index (χ0) is 18.8. The van der Waals surface area contributed by atoms with E-state index in [1.807, 2.05) is 0 Å². The predicted octanol–water partition coefficient (Wildman–Crippen LogP) is 4.67. The van der Waals surface area contributed by atoms with Crippen LogP contribution in [0.25, 0.3) is 10.1 Å². The highest BCUT2D eigenvalue weighted by Crippen LogP contribution is 2.37. The van der Waals surface area contributed by atoms with Crippen molar-refractivity contribution in [2.45, 2.75) is 6.92 Å². The number of nitrogens with zero attached hydrogens (tertiary/aromatic N) is 1. The topological polar surface area (TPSA) is 101 Å². The molecule has 0 atom stereocenters. The molecule has 2 aromatic carbocycles. The van der Waals surface area contributed by atoms with Crippen molar-refractivity contribution in [1.82, 2.24) is 0 Å². The van der Waals surface area contributed by atoms with E-state index in [2.05, 4.69) is 10.6 Å². The zero-order valence-electron chi connectivity index (χ0n) is 13.4. The second-order valence-electron chi connectivity index (χ2n) is 5.40. The number of amides is 2. The van der Waals surface area contributed by atoms with Gasteiger partial charge in [0.15, 0.2) is 0 Å². The van der Waals surface area contributed by atoms with E-state index in [9.17, 15) is 19.7 Å². The number of non-ortho nitro benzene ring substituents is 1. The number of hydrogen-bond acceptors (Lipinski definition) is 5. The molecule has 0 aliphatic rings. The number of halogens is 1. The summed E-state index contributed by atoms with van der Waals surface area (Å²) >= 11 is 7.35. The minimum absolute atomic E-state index is 0.0645. The number of carbonyl (C=O) groups is 2. The van der Waals surface area contributed by atoms with Crippen molar-refractivity contribution in [1.29, 1.82) is 0 Å². The molecule has 0 bridgehead atoms. The number of fused-ring (bicyclic) bond motifs is 1. The average molecular weight is 390 g/mol. The Morgan fingerprint density at radius 3 is 2.46 bits per heavy atom. The van der Waals surface area contributed by atoms with Gasteiger partial charge < -0.3 is 10.6 Å². The highest BCUT2D eigenvalue weighted by Gasteiger charge is 2.19. The van der Waals surface area contributed by atoms with Gasteiger partial charge in [-0.1, -0.05) is 17.7 Å². The van der Waals surface area contributed by atoms with E-state index in [-0.39, 0.29) is 21.5 Å². The van der Waals surface area contributed by atoms with Crippen molar-refractivity contribution in [2.24, 2.45) is 0 Å². The van der Waals surface area contributed by atoms with Crippen molar-refractivity contribution >= 4 is 61.9 Å². The van der Waals surface area contributed by atoms with Crippen LogP contribution < -0.4 is 10.6 Å². The number of nitro benzene ring substituents is 1. The molecule has 2 amide bonds. The Kier molecular flexibility index (Phi) is 4.88. The third kappa shape index (κ3) is 3.66. The Bertz CT molecular complexity index is 1050. The van der Waals surface area contributed by atoms with Gasteiger partial charge in [0.25, 0.3) is 11.6 Å². The second-order valence-corrected chi connectivity index (χ2v) is 6.83. The summed E-state index contributed by atoms with van der Waals surface area (Å²) < 4.78 is 0.557. The summed E-state index contributed by atoms with van der Waals surface area (Å²) in [5.74, 6) is -0.651. The fourth-order valence-corrected chi connectivity index (χ4v) is 3.82. The molecule has 0 aliphatic carbocycles. The van der Waals surface area contributed by atoms with Gasteiger partial charge in [-0.2, -0.15) is 0 Å². The molecule has 3 rings (SSSR count). The van der Waals surface area contributed by atoms with E-state index in [4.69, 9.17) is 11.6 Å². The first kappa shape index (κ1) is 17.8. The normalized spacial score (nSPS) is 10.5. The van der Waals surface area contributed by atoms with E-state index in [0.29, 0.717) is 21.5 Å². The quantitative estimate of drug-likeness (QED) is 0.499. The second kappa shape index (κ2) is 7.11. The third-order valence-corrected chi connectivity index (χ3v) is 5.13. The summed E-state index contributed by atoms with van der Waals surface area (Å²) in [6.45, 7) is 1.39. The SMILES string of the molecule is CC(=O)Nc1cccc(NC(=O)c2sc3cc([N+](=O)[O-])ccc3c2Cl)c1. The lowest BCUT2D eigenvalue weighted by atomic mass is 10.2. The standard InChI is InChI=1S/C17H12ClN3O4S/c1-9(22)19-10-3-2-4-11(7-10)20-17(23)16-15(18)13-6-5-12(21(24)25)8-14(13)26-16/h2-8H,1H3,(H,19,22)(H,20,23). The van der Waals surface area contributed by atoms with Crippen molar-refractivity contribution in [3.05, 3.63) is 62.5 Å². The van der Waals surface area contributed by atoms with Gasteiger partial charge in [-0.25, -0.2) is 0 Å². The molecule has 0 radical (unpaired) electrons. The zero-order valence-corrected chi connectivity index (χ0v) is 15.0. The van der Waals surface area contributed by atoms with Crippen LogP contribution in [0.3, 0.4) is 0 Å². The molecule has 2 N–H and O–H groups in total. The van der Waals surface area contributed by atoms with Crippen LogP contribution >= 0.6 is 22.9 Å². The first-order chi connectivity index (χ1) is 12.3. The lowest BCUT2D eigenvalue weighted by Gasteiger charge is -2.07. The van der Waals surface area contributed by atoms with E-state index < -0.39 is 10.8 Å². The number of rotatable bonds is 4. The maximum Gasteiger partial charge on any atom is 0.270 e. The van der Waals surface area contributed by atoms with Crippen LogP contribution in [-0.4, -0.2) is 16.7 Å². The molecule has 7 nitrogen and oxygen atoms in total. The van der Waals surface area contributed by atoms with Crippen molar-refractivity contribution in [3.63, 3.8) is 0 Å². The molecule has 0 unspecified atom stereocenters. The fraction of sp³-hybridized carbons (Fsp3) is 0.0588. The van der Waals surface area contributed by atoms with E-state index in [1.165, 1.54) is 25.1 Å². The molecule has 26 heavy (non-hydrogen) atoms. The maximum absolute atomic E-state index is 12.6. The molecule has 0 aliphatic heterocycles. The first-order valence-corrected chi connectivity index (χ1v) is 8.60. The van der Waals surface area contributed by atoms with Crippen molar-refractivity contribution in [3.8, 4) is 0 Å². The Balaban J connectivity index is 1.89. The predicted molar refractivity (Wildman–Crippen MR) is 102 cm³/mol. The Hall–Kier alpha value is -2.97. The molecule has 0 spiro atoms. The summed E-state index contributed by atoms with van der Waals surface area (Å²) in [7, 11) is 0. The Labute approximate surface area is 156 Å². The molecule has 0 saturated carbocycles. The fourth-order valence-electron chi connectivity index (χ4n) is 2.38. The van der Waals surface area contributed by atoms with Gasteiger partial charge in [0.05, 0.1) is 9.95 Å². The number of nitro groups is 1. The Morgan fingerprint density at radius 2 is 1.81 bits per heavy atom. The number of hydrogen-bond donors (Lipinski definition) is 2. The summed E-state index contributed by atoms with van der Waals surface area (Å²) in [6, 6.07) is 10.9. The molecular weight excluding hydrogens is 378 g/mol. The van der Waals surface area contributed by atoms with Gasteiger partial charge in [-0.05, 0) is 24.3 Å². The van der Waals surface area contributed by atoms with E-state index in [1.54, 1.807) is 24.3 Å². The van der Waals surface area contributed by atoms with Gasteiger partial charge in [0.1, 0.15) is 4.88 Å². The first-order valence-electron chi connectivity index (χ1n) is 7.40. The molecule has 1 heterocycles. The summed E-state index contributed by atoms with van der Waals surface area (Å²) in [6.07, 6.45) is 0. The van der Waals surface area contributed by atoms with Crippen LogP contribution in [0, 0.1) is 10.1 Å². The van der Waals surface area contributed by atoms with E-state index >= 15 is 0 Å². The maximum atomic E-state index is 12.6. The minimum Gasteiger partial charge on any atom is -0.326 e. The lowest BCUT2D eigenvalue weighted by Crippen LogP contribution is -2.11. The van der Waals surface area contributed by atoms with Gasteiger partial charge >= 0.3 is 0 Å². The van der Waals surface area contributed by atoms with Crippen LogP contribution in [0.5, 0.6) is 0 Å². The average Bonchev–Trinajstić information content (AvgIpc) is 2.91. The third-order valence-electron chi connectivity index (χ3n) is 3.47. The summed E-state index contributed by atoms with van der Waals surface area (Å²) in [4.78, 5) is 34.3. The van der Waals surface area contributed by atoms with Crippen LogP contribution in [0.2, 0.25) is 5.02 Å². The van der Waals surface area contributed by atoms with Gasteiger partial charge in [0.2, 0.25) is 5.91 Å². The minimum atomic E-state index is -0.500. The summed E-state index contributed by atoms with van der Waals surface area (Å²) in [5, 5.41) is 17.1. The highest BCUT2D eigenvalue weighted by molar-refractivity contribution is 7.21. The smallest absolute Gasteiger partial charge is 0.270 e. The molecule has 3 aromatic rings. The number of nitrogens with one attached hydrogen (secondary N) is 2. The molecule has 0 saturated heterocycles. The van der Waals surface area contributed by atoms with Crippen molar-refractivity contribution < 1.29 is 14.5 Å². The number of anilines is 2. The number of benzene rings is 2. The van der Waals surface area contributed by atoms with E-state index in [0.717, 1.165) is 11.3 Å². The lowest BCUT2D eigenvalue weighted by molar-refractivity contribution is -0.384. The van der Waals surface area contributed by atoms with Crippen LogP contribution in [0.4, 0.5) is 17.1 Å². The number of thiophene rings is 1. The van der Waals surface area contributed by atoms with Crippen LogP contribution in [-0.2, 0) is 4.79 Å². The van der Waals surface area contributed by atoms with Gasteiger partial charge in [-0.3, -0.25) is 19.7 Å². The van der Waals surface area contributed by atoms with Crippen molar-refractivity contribution in [2.75, 3.05) is 10.6 Å². The number of carbonyl (C=O) groups excluding carboxylic acids is 2. The molecular formula is C17H12ClN3O4S. The molecule has 0 fully saturated rings. The Morgan fingerprint density at radius 1 is 1.12 bits per heavy atom. The monoisotopic (exact) mass is 389 g/mol. The van der Waals surface area contributed by atoms with Gasteiger partial charge in [-0.15, -0.1) is 11.3 Å². The molecule has 9 heteroatoms. The van der Waals surface area contributed by atoms with Crippen LogP contribution in [0.15, 0.2) is 42.5 Å². The molecule has 132 valence electrons. The summed E-state index contributed by atoms with van der Waals surface area (Å²) in [5.41, 5.74) is 0.972.